The van der Waals surface area contributed by atoms with Gasteiger partial charge in [-0.25, -0.2) is 0 Å². The number of benzene rings is 8. The number of hydrogen-bond donors (Lipinski definition) is 0. The Hall–Kier alpha value is -8.68. The Bertz CT molecular complexity index is 2990. The van der Waals surface area contributed by atoms with Crippen molar-refractivity contribution in [3.63, 3.8) is 0 Å². The van der Waals surface area contributed by atoms with Gasteiger partial charge in [0.05, 0.1) is 0 Å². The first-order chi connectivity index (χ1) is 31.7. The van der Waals surface area contributed by atoms with E-state index in [1.54, 1.807) is 0 Å². The molecule has 2 aliphatic carbocycles. The molecule has 64 heavy (non-hydrogen) atoms. The average molecular weight is 811 g/mol. The Morgan fingerprint density at radius 1 is 0.297 bits per heavy atom. The van der Waals surface area contributed by atoms with Crippen molar-refractivity contribution < 1.29 is 0 Å². The maximum absolute atomic E-state index is 3.48. The molecule has 0 aromatic heterocycles. The van der Waals surface area contributed by atoms with Crippen LogP contribution in [0, 0.1) is 23.7 Å². The molecule has 0 N–H and O–H groups in total. The molecule has 0 saturated carbocycles. The molecule has 0 nitrogen and oxygen atoms in total. The topological polar surface area (TPSA) is 0 Å². The van der Waals surface area contributed by atoms with Crippen molar-refractivity contribution in [2.45, 2.75) is 0 Å². The number of hydrogen-bond acceptors (Lipinski definition) is 0. The molecule has 0 atom stereocenters. The Labute approximate surface area is 377 Å². The van der Waals surface area contributed by atoms with Crippen LogP contribution in [-0.2, 0) is 0 Å². The molecule has 2 aliphatic rings. The monoisotopic (exact) mass is 810 g/mol. The Kier molecular flexibility index (Phi) is 11.4. The van der Waals surface area contributed by atoms with Gasteiger partial charge >= 0.3 is 0 Å². The first-order valence-corrected chi connectivity index (χ1v) is 21.7. The summed E-state index contributed by atoms with van der Waals surface area (Å²) >= 11 is 0. The third kappa shape index (κ3) is 8.86. The zero-order valence-electron chi connectivity index (χ0n) is 35.2. The number of fused-ring (bicyclic) bond motifs is 3. The quantitative estimate of drug-likeness (QED) is 0.116. The van der Waals surface area contributed by atoms with Gasteiger partial charge in [-0.15, -0.1) is 0 Å². The van der Waals surface area contributed by atoms with Crippen molar-refractivity contribution in [1.29, 1.82) is 0 Å². The van der Waals surface area contributed by atoms with Gasteiger partial charge in [-0.2, -0.15) is 0 Å². The van der Waals surface area contributed by atoms with Gasteiger partial charge in [0.15, 0.2) is 0 Å². The molecule has 0 heterocycles. The lowest BCUT2D eigenvalue weighted by Gasteiger charge is -2.09. The maximum Gasteiger partial charge on any atom is 0.0255 e. The molecule has 0 aliphatic heterocycles. The fourth-order valence-electron chi connectivity index (χ4n) is 8.34. The Morgan fingerprint density at radius 2 is 0.625 bits per heavy atom. The third-order valence-electron chi connectivity index (χ3n) is 11.5. The molecule has 0 spiro atoms. The van der Waals surface area contributed by atoms with Gasteiger partial charge in [-0.3, -0.25) is 0 Å². The van der Waals surface area contributed by atoms with Crippen LogP contribution in [0.25, 0.3) is 40.0 Å². The lowest BCUT2D eigenvalue weighted by molar-refractivity contribution is 1.55. The molecule has 298 valence electrons. The summed E-state index contributed by atoms with van der Waals surface area (Å²) in [6.07, 6.45) is 17.2. The van der Waals surface area contributed by atoms with Crippen LogP contribution in [0.2, 0.25) is 0 Å². The standard InChI is InChI=1S/C64H42/c1-2-8-26-57(25-7-1)64-62-45-51(37-31-47-27-33-49(34-28-47)43-60(53-17-9-3-10-18-53)54-19-11-4-12-20-54)39-41-58(62)59-42-40-52(46-63(59)64)38-32-48-29-35-50(36-30-48)44-61(55-21-13-5-14-22-55)56-23-15-6-16-24-56/h1-30,33-36,39-46H. The molecule has 0 radical (unpaired) electrons. The van der Waals surface area contributed by atoms with Gasteiger partial charge in [0, 0.05) is 22.3 Å². The van der Waals surface area contributed by atoms with E-state index in [4.69, 9.17) is 0 Å². The molecular weight excluding hydrogens is 769 g/mol. The van der Waals surface area contributed by atoms with Crippen LogP contribution in [-0.4, -0.2) is 0 Å². The molecule has 8 aromatic carbocycles. The summed E-state index contributed by atoms with van der Waals surface area (Å²) in [6, 6.07) is 72.5. The van der Waals surface area contributed by atoms with Gasteiger partial charge in [-0.05, 0) is 139 Å². The van der Waals surface area contributed by atoms with Crippen molar-refractivity contribution in [1.82, 2.24) is 0 Å². The number of rotatable bonds is 6. The van der Waals surface area contributed by atoms with Crippen LogP contribution in [0.15, 0.2) is 248 Å². The van der Waals surface area contributed by atoms with E-state index in [0.717, 1.165) is 39.0 Å². The fourth-order valence-corrected chi connectivity index (χ4v) is 8.34. The highest BCUT2D eigenvalue weighted by Gasteiger charge is 2.26. The van der Waals surface area contributed by atoms with Gasteiger partial charge in [0.1, 0.15) is 0 Å². The predicted octanol–water partition coefficient (Wildman–Crippen LogP) is 15.1. The van der Waals surface area contributed by atoms with Gasteiger partial charge < -0.3 is 0 Å². The summed E-state index contributed by atoms with van der Waals surface area (Å²) in [5.74, 6) is 13.9. The molecule has 0 bridgehead atoms. The van der Waals surface area contributed by atoms with Crippen LogP contribution < -0.4 is 0 Å². The van der Waals surface area contributed by atoms with Crippen molar-refractivity contribution >= 4 is 28.9 Å². The summed E-state index contributed by atoms with van der Waals surface area (Å²) in [7, 11) is 0. The van der Waals surface area contributed by atoms with Gasteiger partial charge in [-0.1, -0.05) is 218 Å². The van der Waals surface area contributed by atoms with E-state index in [0.29, 0.717) is 0 Å². The number of allylic oxidation sites excluding steroid dienone is 7. The lowest BCUT2D eigenvalue weighted by Crippen LogP contribution is -1.89. The summed E-state index contributed by atoms with van der Waals surface area (Å²) in [6.45, 7) is 0. The smallest absolute Gasteiger partial charge is 0.0255 e. The average Bonchev–Trinajstić information content (AvgIpc) is 3.46. The van der Waals surface area contributed by atoms with Crippen molar-refractivity contribution in [2.24, 2.45) is 0 Å². The summed E-state index contributed by atoms with van der Waals surface area (Å²) in [4.78, 5) is 0. The molecule has 8 aromatic rings. The molecule has 10 rings (SSSR count). The second-order valence-corrected chi connectivity index (χ2v) is 15.8. The Balaban J connectivity index is 0.921. The summed E-state index contributed by atoms with van der Waals surface area (Å²) in [5.41, 5.74) is 20.4. The Morgan fingerprint density at radius 3 is 0.984 bits per heavy atom. The molecule has 0 unspecified atom stereocenters. The molecule has 0 heteroatoms. The van der Waals surface area contributed by atoms with Crippen LogP contribution in [0.4, 0.5) is 0 Å². The minimum atomic E-state index is 0.972. The first-order valence-electron chi connectivity index (χ1n) is 21.7. The van der Waals surface area contributed by atoms with Crippen molar-refractivity contribution in [3.8, 4) is 34.8 Å². The maximum atomic E-state index is 3.48. The minimum Gasteiger partial charge on any atom is -0.0622 e. The normalized spacial score (nSPS) is 11.9. The lowest BCUT2D eigenvalue weighted by atomic mass is 9.95. The fraction of sp³-hybridized carbons (Fsp3) is 0. The zero-order chi connectivity index (χ0) is 42.9. The first kappa shape index (κ1) is 39.5. The largest absolute Gasteiger partial charge is 0.0622 e. The van der Waals surface area contributed by atoms with Crippen LogP contribution >= 0.6 is 0 Å². The van der Waals surface area contributed by atoms with Crippen molar-refractivity contribution in [2.75, 3.05) is 0 Å². The molecular formula is C64H42. The van der Waals surface area contributed by atoms with Gasteiger partial charge in [0.2, 0.25) is 0 Å². The zero-order valence-corrected chi connectivity index (χ0v) is 35.2. The molecule has 0 amide bonds. The minimum absolute atomic E-state index is 0.972. The van der Waals surface area contributed by atoms with E-state index in [1.165, 1.54) is 61.2 Å². The van der Waals surface area contributed by atoms with Crippen LogP contribution in [0.3, 0.4) is 0 Å². The summed E-state index contributed by atoms with van der Waals surface area (Å²) in [5, 5.41) is 0. The second-order valence-electron chi connectivity index (χ2n) is 15.8. The third-order valence-corrected chi connectivity index (χ3v) is 11.5. The van der Waals surface area contributed by atoms with Crippen LogP contribution in [0.1, 0.15) is 66.8 Å². The predicted molar refractivity (Wildman–Crippen MR) is 270 cm³/mol. The van der Waals surface area contributed by atoms with Crippen molar-refractivity contribution in [3.05, 3.63) is 315 Å². The van der Waals surface area contributed by atoms with Crippen LogP contribution in [0.5, 0.6) is 0 Å². The second kappa shape index (κ2) is 18.5. The van der Waals surface area contributed by atoms with E-state index in [9.17, 15) is 0 Å². The van der Waals surface area contributed by atoms with E-state index >= 15 is 0 Å². The highest BCUT2D eigenvalue weighted by atomic mass is 14.3. The van der Waals surface area contributed by atoms with E-state index < -0.39 is 0 Å². The highest BCUT2D eigenvalue weighted by molar-refractivity contribution is 6.04. The van der Waals surface area contributed by atoms with Gasteiger partial charge in [0.25, 0.3) is 0 Å². The van der Waals surface area contributed by atoms with E-state index in [2.05, 4.69) is 279 Å². The molecule has 0 fully saturated rings. The summed E-state index contributed by atoms with van der Waals surface area (Å²) < 4.78 is 0. The SMILES string of the molecule is C(#Cc1ccc2c(c1)C(=C1C=CC=CC=C1)c1cc(C#Cc3ccc(C=C(c4ccccc4)c4ccccc4)cc3)ccc1-2)c1ccc(C=C(c2ccccc2)c2ccccc2)cc1. The highest BCUT2D eigenvalue weighted by Crippen LogP contribution is 2.47. The van der Waals surface area contributed by atoms with E-state index in [-0.39, 0.29) is 0 Å². The molecule has 0 saturated heterocycles. The van der Waals surface area contributed by atoms with E-state index in [1.807, 2.05) is 0 Å².